The third-order valence-electron chi connectivity index (χ3n) is 3.37. The lowest BCUT2D eigenvalue weighted by molar-refractivity contribution is 0.243. The van der Waals surface area contributed by atoms with Crippen LogP contribution in [-0.2, 0) is 5.41 Å². The third-order valence-corrected chi connectivity index (χ3v) is 3.37. The molecule has 0 aliphatic carbocycles. The highest BCUT2D eigenvalue weighted by molar-refractivity contribution is 5.29. The van der Waals surface area contributed by atoms with Crippen LogP contribution in [0.15, 0.2) is 18.2 Å². The van der Waals surface area contributed by atoms with Gasteiger partial charge in [-0.1, -0.05) is 6.07 Å². The molecule has 1 unspecified atom stereocenters. The van der Waals surface area contributed by atoms with E-state index in [1.807, 2.05) is 0 Å². The van der Waals surface area contributed by atoms with E-state index in [1.54, 1.807) is 6.07 Å². The quantitative estimate of drug-likeness (QED) is 0.821. The van der Waals surface area contributed by atoms with Crippen LogP contribution < -0.4 is 5.32 Å². The van der Waals surface area contributed by atoms with Gasteiger partial charge in [-0.3, -0.25) is 0 Å². The van der Waals surface area contributed by atoms with Crippen LogP contribution in [0.4, 0.5) is 8.78 Å². The largest absolute Gasteiger partial charge is 0.396 e. The number of benzene rings is 1. The highest BCUT2D eigenvalue weighted by Crippen LogP contribution is 2.34. The molecule has 0 aromatic heterocycles. The Morgan fingerprint density at radius 1 is 1.31 bits per heavy atom. The molecule has 0 saturated carbocycles. The summed E-state index contributed by atoms with van der Waals surface area (Å²) >= 11 is 0. The fraction of sp³-hybridized carbons (Fsp3) is 0.500. The smallest absolute Gasteiger partial charge is 0.159 e. The van der Waals surface area contributed by atoms with E-state index in [4.69, 9.17) is 5.11 Å². The van der Waals surface area contributed by atoms with Crippen LogP contribution in [0.5, 0.6) is 0 Å². The second-order valence-corrected chi connectivity index (χ2v) is 4.31. The van der Waals surface area contributed by atoms with Crippen molar-refractivity contribution in [2.24, 2.45) is 0 Å². The standard InChI is InChI=1S/C12H15F2NO/c13-10-2-1-9(7-11(10)14)12(4-6-16)3-5-15-8-12/h1-2,7,15-16H,3-6,8H2. The monoisotopic (exact) mass is 227 g/mol. The van der Waals surface area contributed by atoms with Crippen molar-refractivity contribution in [3.05, 3.63) is 35.4 Å². The second-order valence-electron chi connectivity index (χ2n) is 4.31. The molecule has 2 nitrogen and oxygen atoms in total. The van der Waals surface area contributed by atoms with E-state index >= 15 is 0 Å². The zero-order chi connectivity index (χ0) is 11.6. The van der Waals surface area contributed by atoms with Crippen LogP contribution in [0, 0.1) is 11.6 Å². The van der Waals surface area contributed by atoms with Crippen molar-refractivity contribution in [1.82, 2.24) is 5.32 Å². The van der Waals surface area contributed by atoms with Crippen LogP contribution >= 0.6 is 0 Å². The molecule has 2 N–H and O–H groups in total. The second kappa shape index (κ2) is 4.47. The van der Waals surface area contributed by atoms with Gasteiger partial charge in [0, 0.05) is 18.6 Å². The lowest BCUT2D eigenvalue weighted by Gasteiger charge is -2.28. The lowest BCUT2D eigenvalue weighted by Crippen LogP contribution is -2.30. The number of aliphatic hydroxyl groups is 1. The van der Waals surface area contributed by atoms with Gasteiger partial charge in [0.2, 0.25) is 0 Å². The number of hydrogen-bond acceptors (Lipinski definition) is 2. The summed E-state index contributed by atoms with van der Waals surface area (Å²) in [5, 5.41) is 12.3. The molecular formula is C12H15F2NO. The highest BCUT2D eigenvalue weighted by atomic mass is 19.2. The zero-order valence-corrected chi connectivity index (χ0v) is 8.97. The Morgan fingerprint density at radius 2 is 2.12 bits per heavy atom. The van der Waals surface area contributed by atoms with Crippen molar-refractivity contribution >= 4 is 0 Å². The van der Waals surface area contributed by atoms with Crippen molar-refractivity contribution in [1.29, 1.82) is 0 Å². The first-order valence-electron chi connectivity index (χ1n) is 5.45. The van der Waals surface area contributed by atoms with Gasteiger partial charge in [0.1, 0.15) is 0 Å². The van der Waals surface area contributed by atoms with Crippen molar-refractivity contribution in [3.8, 4) is 0 Å². The fourth-order valence-corrected chi connectivity index (χ4v) is 2.39. The van der Waals surface area contributed by atoms with Crippen molar-refractivity contribution in [2.75, 3.05) is 19.7 Å². The third kappa shape index (κ3) is 1.95. The molecule has 0 radical (unpaired) electrons. The average Bonchev–Trinajstić information content (AvgIpc) is 2.72. The Bertz CT molecular complexity index is 375. The Labute approximate surface area is 93.3 Å². The molecular weight excluding hydrogens is 212 g/mol. The molecule has 4 heteroatoms. The predicted octanol–water partition coefficient (Wildman–Crippen LogP) is 1.58. The lowest BCUT2D eigenvalue weighted by atomic mass is 9.77. The van der Waals surface area contributed by atoms with Crippen LogP contribution in [0.25, 0.3) is 0 Å². The molecule has 1 heterocycles. The number of rotatable bonds is 3. The van der Waals surface area contributed by atoms with Crippen LogP contribution in [0.3, 0.4) is 0 Å². The number of hydrogen-bond donors (Lipinski definition) is 2. The Hall–Kier alpha value is -1.00. The first kappa shape index (κ1) is 11.5. The van der Waals surface area contributed by atoms with E-state index in [0.29, 0.717) is 13.0 Å². The number of aliphatic hydroxyl groups excluding tert-OH is 1. The first-order chi connectivity index (χ1) is 7.68. The maximum absolute atomic E-state index is 13.2. The molecule has 1 aromatic rings. The minimum atomic E-state index is -0.825. The maximum atomic E-state index is 13.2. The molecule has 2 rings (SSSR count). The van der Waals surface area contributed by atoms with E-state index in [1.165, 1.54) is 6.07 Å². The fourth-order valence-electron chi connectivity index (χ4n) is 2.39. The summed E-state index contributed by atoms with van der Waals surface area (Å²) in [7, 11) is 0. The molecule has 0 amide bonds. The van der Waals surface area contributed by atoms with Crippen LogP contribution in [0.2, 0.25) is 0 Å². The van der Waals surface area contributed by atoms with Gasteiger partial charge < -0.3 is 10.4 Å². The SMILES string of the molecule is OCCC1(c2ccc(F)c(F)c2)CCNC1. The van der Waals surface area contributed by atoms with Gasteiger partial charge in [-0.25, -0.2) is 8.78 Å². The molecule has 88 valence electrons. The van der Waals surface area contributed by atoms with E-state index in [-0.39, 0.29) is 12.0 Å². The molecule has 0 bridgehead atoms. The molecule has 1 aromatic carbocycles. The summed E-state index contributed by atoms with van der Waals surface area (Å²) in [5.41, 5.74) is 0.522. The van der Waals surface area contributed by atoms with E-state index in [2.05, 4.69) is 5.32 Å². The molecule has 1 saturated heterocycles. The van der Waals surface area contributed by atoms with Gasteiger partial charge in [-0.2, -0.15) is 0 Å². The molecule has 1 aliphatic rings. The maximum Gasteiger partial charge on any atom is 0.159 e. The normalized spacial score (nSPS) is 24.9. The highest BCUT2D eigenvalue weighted by Gasteiger charge is 2.35. The van der Waals surface area contributed by atoms with Gasteiger partial charge in [-0.05, 0) is 37.1 Å². The molecule has 1 fully saturated rings. The van der Waals surface area contributed by atoms with Gasteiger partial charge in [0.25, 0.3) is 0 Å². The van der Waals surface area contributed by atoms with Crippen molar-refractivity contribution < 1.29 is 13.9 Å². The van der Waals surface area contributed by atoms with E-state index < -0.39 is 11.6 Å². The van der Waals surface area contributed by atoms with Gasteiger partial charge in [-0.15, -0.1) is 0 Å². The topological polar surface area (TPSA) is 32.3 Å². The summed E-state index contributed by atoms with van der Waals surface area (Å²) in [6.45, 7) is 1.61. The molecule has 0 spiro atoms. The average molecular weight is 227 g/mol. The van der Waals surface area contributed by atoms with E-state index in [9.17, 15) is 8.78 Å². The van der Waals surface area contributed by atoms with Crippen LogP contribution in [0.1, 0.15) is 18.4 Å². The van der Waals surface area contributed by atoms with Gasteiger partial charge in [0.15, 0.2) is 11.6 Å². The van der Waals surface area contributed by atoms with Crippen molar-refractivity contribution in [2.45, 2.75) is 18.3 Å². The minimum absolute atomic E-state index is 0.0562. The Balaban J connectivity index is 2.35. The Morgan fingerprint density at radius 3 is 2.69 bits per heavy atom. The molecule has 16 heavy (non-hydrogen) atoms. The summed E-state index contributed by atoms with van der Waals surface area (Å²) < 4.78 is 26.0. The molecule has 1 atom stereocenters. The minimum Gasteiger partial charge on any atom is -0.396 e. The van der Waals surface area contributed by atoms with E-state index in [0.717, 1.165) is 24.6 Å². The van der Waals surface area contributed by atoms with Gasteiger partial charge in [0.05, 0.1) is 0 Å². The summed E-state index contributed by atoms with van der Waals surface area (Å²) in [4.78, 5) is 0. The summed E-state index contributed by atoms with van der Waals surface area (Å²) in [6, 6.07) is 4.02. The van der Waals surface area contributed by atoms with Crippen molar-refractivity contribution in [3.63, 3.8) is 0 Å². The first-order valence-corrected chi connectivity index (χ1v) is 5.45. The number of halogens is 2. The Kier molecular flexibility index (Phi) is 3.21. The molecule has 1 aliphatic heterocycles. The van der Waals surface area contributed by atoms with Crippen LogP contribution in [-0.4, -0.2) is 24.8 Å². The summed E-state index contributed by atoms with van der Waals surface area (Å²) in [5.74, 6) is -1.64. The zero-order valence-electron chi connectivity index (χ0n) is 8.97. The summed E-state index contributed by atoms with van der Waals surface area (Å²) in [6.07, 6.45) is 1.42. The number of nitrogens with one attached hydrogen (secondary N) is 1. The predicted molar refractivity (Wildman–Crippen MR) is 57.2 cm³/mol. The van der Waals surface area contributed by atoms with Gasteiger partial charge >= 0.3 is 0 Å².